The normalized spacial score (nSPS) is 13.8. The van der Waals surface area contributed by atoms with Crippen molar-refractivity contribution in [3.63, 3.8) is 0 Å². The lowest BCUT2D eigenvalue weighted by Crippen LogP contribution is -2.44. The molecule has 0 fully saturated rings. The fourth-order valence-electron chi connectivity index (χ4n) is 2.01. The van der Waals surface area contributed by atoms with E-state index >= 15 is 0 Å². The standard InChI is InChI=1S/C15H31N3O2/c1-7-11(8-14(2,3)4)13(20)18-10-17-12(19)9-15(5,6)16/h11H,7-10,16H2,1-6H3,(H,17,19)(H,18,20). The van der Waals surface area contributed by atoms with E-state index in [9.17, 15) is 9.59 Å². The molecule has 118 valence electrons. The van der Waals surface area contributed by atoms with Gasteiger partial charge in [-0.05, 0) is 32.1 Å². The fourth-order valence-corrected chi connectivity index (χ4v) is 2.01. The molecule has 4 N–H and O–H groups in total. The van der Waals surface area contributed by atoms with Crippen LogP contribution in [0.4, 0.5) is 0 Å². The summed E-state index contributed by atoms with van der Waals surface area (Å²) in [4.78, 5) is 23.6. The number of hydrogen-bond acceptors (Lipinski definition) is 3. The maximum absolute atomic E-state index is 12.0. The van der Waals surface area contributed by atoms with Crippen LogP contribution in [-0.2, 0) is 9.59 Å². The average molecular weight is 285 g/mol. The van der Waals surface area contributed by atoms with Crippen LogP contribution in [0.5, 0.6) is 0 Å². The Bertz CT molecular complexity index is 327. The first kappa shape index (κ1) is 18.9. The van der Waals surface area contributed by atoms with Gasteiger partial charge in [-0.1, -0.05) is 27.7 Å². The van der Waals surface area contributed by atoms with Crippen LogP contribution in [0.2, 0.25) is 0 Å². The predicted molar refractivity (Wildman–Crippen MR) is 81.9 cm³/mol. The molecular weight excluding hydrogens is 254 g/mol. The third-order valence-corrected chi connectivity index (χ3v) is 2.89. The minimum Gasteiger partial charge on any atom is -0.339 e. The molecular formula is C15H31N3O2. The topological polar surface area (TPSA) is 84.2 Å². The molecule has 2 amide bonds. The zero-order valence-corrected chi connectivity index (χ0v) is 13.8. The number of hydrogen-bond donors (Lipinski definition) is 3. The Kier molecular flexibility index (Phi) is 7.20. The minimum atomic E-state index is -0.535. The van der Waals surface area contributed by atoms with Crippen molar-refractivity contribution < 1.29 is 9.59 Å². The maximum Gasteiger partial charge on any atom is 0.224 e. The van der Waals surface area contributed by atoms with Gasteiger partial charge in [0, 0.05) is 17.9 Å². The van der Waals surface area contributed by atoms with Crippen molar-refractivity contribution in [2.45, 2.75) is 66.3 Å². The van der Waals surface area contributed by atoms with E-state index in [0.717, 1.165) is 12.8 Å². The Morgan fingerprint density at radius 2 is 1.65 bits per heavy atom. The van der Waals surface area contributed by atoms with E-state index in [1.54, 1.807) is 13.8 Å². The lowest BCUT2D eigenvalue weighted by molar-refractivity contribution is -0.126. The lowest BCUT2D eigenvalue weighted by Gasteiger charge is -2.24. The van der Waals surface area contributed by atoms with Gasteiger partial charge in [0.25, 0.3) is 0 Å². The van der Waals surface area contributed by atoms with Gasteiger partial charge in [0.2, 0.25) is 11.8 Å². The summed E-state index contributed by atoms with van der Waals surface area (Å²) in [5, 5.41) is 5.42. The van der Waals surface area contributed by atoms with Gasteiger partial charge < -0.3 is 16.4 Å². The molecule has 0 aliphatic carbocycles. The van der Waals surface area contributed by atoms with Crippen LogP contribution in [0.3, 0.4) is 0 Å². The Morgan fingerprint density at radius 3 is 2.05 bits per heavy atom. The van der Waals surface area contributed by atoms with Gasteiger partial charge >= 0.3 is 0 Å². The first-order valence-corrected chi connectivity index (χ1v) is 7.28. The number of carbonyl (C=O) groups excluding carboxylic acids is 2. The molecule has 0 aromatic carbocycles. The van der Waals surface area contributed by atoms with E-state index in [-0.39, 0.29) is 36.2 Å². The molecule has 20 heavy (non-hydrogen) atoms. The molecule has 0 aromatic heterocycles. The molecule has 0 aliphatic heterocycles. The van der Waals surface area contributed by atoms with Gasteiger partial charge in [-0.3, -0.25) is 9.59 Å². The predicted octanol–water partition coefficient (Wildman–Crippen LogP) is 1.77. The molecule has 5 nitrogen and oxygen atoms in total. The first-order chi connectivity index (χ1) is 8.94. The van der Waals surface area contributed by atoms with E-state index in [2.05, 4.69) is 31.4 Å². The molecule has 0 radical (unpaired) electrons. The number of carbonyl (C=O) groups is 2. The molecule has 0 saturated carbocycles. The second-order valence-electron chi connectivity index (χ2n) is 7.35. The summed E-state index contributed by atoms with van der Waals surface area (Å²) in [6.07, 6.45) is 1.87. The lowest BCUT2D eigenvalue weighted by atomic mass is 9.83. The highest BCUT2D eigenvalue weighted by molar-refractivity contribution is 5.80. The fraction of sp³-hybridized carbons (Fsp3) is 0.867. The summed E-state index contributed by atoms with van der Waals surface area (Å²) in [5.74, 6) is -0.172. The molecule has 0 aliphatic rings. The van der Waals surface area contributed by atoms with E-state index < -0.39 is 5.54 Å². The summed E-state index contributed by atoms with van der Waals surface area (Å²) in [7, 11) is 0. The summed E-state index contributed by atoms with van der Waals surface area (Å²) in [6, 6.07) is 0. The van der Waals surface area contributed by atoms with Crippen molar-refractivity contribution in [1.82, 2.24) is 10.6 Å². The molecule has 5 heteroatoms. The quantitative estimate of drug-likeness (QED) is 0.623. The van der Waals surface area contributed by atoms with Crippen LogP contribution in [0, 0.1) is 11.3 Å². The number of nitrogens with one attached hydrogen (secondary N) is 2. The van der Waals surface area contributed by atoms with Crippen LogP contribution in [0.15, 0.2) is 0 Å². The smallest absolute Gasteiger partial charge is 0.224 e. The highest BCUT2D eigenvalue weighted by Crippen LogP contribution is 2.26. The van der Waals surface area contributed by atoms with Gasteiger partial charge in [0.1, 0.15) is 0 Å². The Balaban J connectivity index is 4.12. The highest BCUT2D eigenvalue weighted by atomic mass is 16.2. The van der Waals surface area contributed by atoms with Gasteiger partial charge in [0.05, 0.1) is 6.67 Å². The van der Waals surface area contributed by atoms with Crippen molar-refractivity contribution in [2.24, 2.45) is 17.1 Å². The minimum absolute atomic E-state index is 0.00488. The highest BCUT2D eigenvalue weighted by Gasteiger charge is 2.23. The van der Waals surface area contributed by atoms with E-state index in [1.807, 2.05) is 6.92 Å². The van der Waals surface area contributed by atoms with E-state index in [0.29, 0.717) is 0 Å². The van der Waals surface area contributed by atoms with Crippen LogP contribution < -0.4 is 16.4 Å². The average Bonchev–Trinajstić information content (AvgIpc) is 2.21. The number of amides is 2. The van der Waals surface area contributed by atoms with Crippen LogP contribution >= 0.6 is 0 Å². The molecule has 0 saturated heterocycles. The second kappa shape index (κ2) is 7.62. The Morgan fingerprint density at radius 1 is 1.10 bits per heavy atom. The maximum atomic E-state index is 12.0. The van der Waals surface area contributed by atoms with Gasteiger partial charge in [-0.15, -0.1) is 0 Å². The zero-order valence-electron chi connectivity index (χ0n) is 13.8. The molecule has 0 heterocycles. The van der Waals surface area contributed by atoms with Crippen LogP contribution in [-0.4, -0.2) is 24.0 Å². The molecule has 0 spiro atoms. The zero-order chi connectivity index (χ0) is 16.0. The third kappa shape index (κ3) is 9.78. The van der Waals surface area contributed by atoms with Crippen LogP contribution in [0.25, 0.3) is 0 Å². The first-order valence-electron chi connectivity index (χ1n) is 7.28. The van der Waals surface area contributed by atoms with E-state index in [1.165, 1.54) is 0 Å². The van der Waals surface area contributed by atoms with Crippen molar-refractivity contribution in [3.05, 3.63) is 0 Å². The number of nitrogens with two attached hydrogens (primary N) is 1. The van der Waals surface area contributed by atoms with Gasteiger partial charge in [-0.25, -0.2) is 0 Å². The largest absolute Gasteiger partial charge is 0.339 e. The summed E-state index contributed by atoms with van der Waals surface area (Å²) in [5.41, 5.74) is 5.34. The van der Waals surface area contributed by atoms with Crippen molar-refractivity contribution in [2.75, 3.05) is 6.67 Å². The summed E-state index contributed by atoms with van der Waals surface area (Å²) >= 11 is 0. The SMILES string of the molecule is CCC(CC(C)(C)C)C(=O)NCNC(=O)CC(C)(C)N. The second-order valence-corrected chi connectivity index (χ2v) is 7.35. The monoisotopic (exact) mass is 285 g/mol. The molecule has 0 bridgehead atoms. The summed E-state index contributed by atoms with van der Waals surface area (Å²) < 4.78 is 0. The molecule has 1 atom stereocenters. The Labute approximate surface area is 123 Å². The number of rotatable bonds is 7. The van der Waals surface area contributed by atoms with Gasteiger partial charge in [0.15, 0.2) is 0 Å². The molecule has 0 aromatic rings. The third-order valence-electron chi connectivity index (χ3n) is 2.89. The molecule has 0 rings (SSSR count). The van der Waals surface area contributed by atoms with Crippen molar-refractivity contribution in [1.29, 1.82) is 0 Å². The van der Waals surface area contributed by atoms with Crippen LogP contribution in [0.1, 0.15) is 60.8 Å². The summed E-state index contributed by atoms with van der Waals surface area (Å²) in [6.45, 7) is 12.1. The Hall–Kier alpha value is -1.10. The molecule has 1 unspecified atom stereocenters. The van der Waals surface area contributed by atoms with E-state index in [4.69, 9.17) is 5.73 Å². The van der Waals surface area contributed by atoms with Gasteiger partial charge in [-0.2, -0.15) is 0 Å². The van der Waals surface area contributed by atoms with Crippen molar-refractivity contribution in [3.8, 4) is 0 Å². The van der Waals surface area contributed by atoms with Crippen molar-refractivity contribution >= 4 is 11.8 Å².